The number of carbonyl (C=O) groups excluding carboxylic acids is 1. The highest BCUT2D eigenvalue weighted by Crippen LogP contribution is 2.22. The van der Waals surface area contributed by atoms with Crippen LogP contribution in [0.4, 0.5) is 18.9 Å². The number of rotatable bonds is 3. The molecule has 0 heterocycles. The molecule has 1 aromatic carbocycles. The third-order valence-corrected chi connectivity index (χ3v) is 2.62. The van der Waals surface area contributed by atoms with Gasteiger partial charge in [0.05, 0.1) is 0 Å². The lowest BCUT2D eigenvalue weighted by Crippen LogP contribution is -2.43. The second-order valence-corrected chi connectivity index (χ2v) is 4.85. The number of halogens is 4. The van der Waals surface area contributed by atoms with Crippen molar-refractivity contribution in [2.24, 2.45) is 0 Å². The molecule has 0 radical (unpaired) electrons. The minimum atomic E-state index is -4.45. The van der Waals surface area contributed by atoms with Crippen LogP contribution in [0.2, 0.25) is 5.02 Å². The molecule has 1 aromatic rings. The topological polar surface area (TPSA) is 46.3 Å². The summed E-state index contributed by atoms with van der Waals surface area (Å²) in [5, 5.41) is 0.207. The molecule has 0 fully saturated rings. The lowest BCUT2D eigenvalue weighted by Gasteiger charge is -2.28. The van der Waals surface area contributed by atoms with Gasteiger partial charge in [-0.15, -0.1) is 0 Å². The van der Waals surface area contributed by atoms with Gasteiger partial charge in [0.1, 0.15) is 6.54 Å². The number of nitrogen functional groups attached to an aromatic ring is 1. The van der Waals surface area contributed by atoms with Crippen LogP contribution in [0.15, 0.2) is 18.2 Å². The third kappa shape index (κ3) is 4.63. The van der Waals surface area contributed by atoms with Crippen LogP contribution in [0.25, 0.3) is 0 Å². The maximum absolute atomic E-state index is 12.5. The number of anilines is 1. The molecule has 1 rings (SSSR count). The Morgan fingerprint density at radius 3 is 2.37 bits per heavy atom. The minimum Gasteiger partial charge on any atom is -0.399 e. The van der Waals surface area contributed by atoms with Gasteiger partial charge in [-0.2, -0.15) is 13.2 Å². The highest BCUT2D eigenvalue weighted by atomic mass is 35.5. The van der Waals surface area contributed by atoms with Gasteiger partial charge in [0, 0.05) is 22.3 Å². The maximum Gasteiger partial charge on any atom is 0.406 e. The number of hydrogen-bond donors (Lipinski definition) is 1. The van der Waals surface area contributed by atoms with Gasteiger partial charge in [0.15, 0.2) is 0 Å². The number of nitrogens with zero attached hydrogens (tertiary/aromatic N) is 1. The molecule has 1 amide bonds. The van der Waals surface area contributed by atoms with Crippen LogP contribution in [0.1, 0.15) is 24.2 Å². The van der Waals surface area contributed by atoms with E-state index in [1.807, 2.05) is 0 Å². The van der Waals surface area contributed by atoms with E-state index in [-0.39, 0.29) is 16.3 Å². The van der Waals surface area contributed by atoms with Crippen LogP contribution < -0.4 is 5.73 Å². The molecular formula is C12H14ClF3N2O. The summed E-state index contributed by atoms with van der Waals surface area (Å²) in [4.78, 5) is 12.8. The summed E-state index contributed by atoms with van der Waals surface area (Å²) >= 11 is 5.74. The summed E-state index contributed by atoms with van der Waals surface area (Å²) in [5.74, 6) is -0.749. The van der Waals surface area contributed by atoms with Gasteiger partial charge in [-0.05, 0) is 32.0 Å². The first-order valence-corrected chi connectivity index (χ1v) is 5.92. The van der Waals surface area contributed by atoms with Gasteiger partial charge in [0.2, 0.25) is 0 Å². The largest absolute Gasteiger partial charge is 0.406 e. The zero-order valence-electron chi connectivity index (χ0n) is 10.5. The fourth-order valence-electron chi connectivity index (χ4n) is 1.58. The van der Waals surface area contributed by atoms with Crippen molar-refractivity contribution in [3.05, 3.63) is 28.8 Å². The Kier molecular flexibility index (Phi) is 4.68. The van der Waals surface area contributed by atoms with Crippen molar-refractivity contribution in [3.63, 3.8) is 0 Å². The second kappa shape index (κ2) is 5.69. The maximum atomic E-state index is 12.5. The van der Waals surface area contributed by atoms with E-state index in [4.69, 9.17) is 17.3 Å². The predicted octanol–water partition coefficient (Wildman–Crippen LogP) is 3.34. The van der Waals surface area contributed by atoms with E-state index in [2.05, 4.69) is 0 Å². The molecule has 0 aliphatic carbocycles. The van der Waals surface area contributed by atoms with E-state index in [1.54, 1.807) is 0 Å². The van der Waals surface area contributed by atoms with Gasteiger partial charge in [-0.25, -0.2) is 0 Å². The Bertz CT molecular complexity index is 454. The molecule has 0 unspecified atom stereocenters. The molecule has 7 heteroatoms. The molecule has 2 N–H and O–H groups in total. The molecule has 0 saturated carbocycles. The molecular weight excluding hydrogens is 281 g/mol. The highest BCUT2D eigenvalue weighted by Gasteiger charge is 2.34. The fourth-order valence-corrected chi connectivity index (χ4v) is 1.83. The standard InChI is InChI=1S/C12H14ClF3N2O/c1-7(2)18(6-12(14,15)16)11(19)8-3-9(13)5-10(17)4-8/h3-5,7H,6,17H2,1-2H3. The Hall–Kier alpha value is -1.43. The molecule has 3 nitrogen and oxygen atoms in total. The molecule has 0 saturated heterocycles. The van der Waals surface area contributed by atoms with Crippen molar-refractivity contribution < 1.29 is 18.0 Å². The number of hydrogen-bond acceptors (Lipinski definition) is 2. The van der Waals surface area contributed by atoms with E-state index < -0.39 is 24.7 Å². The second-order valence-electron chi connectivity index (χ2n) is 4.42. The van der Waals surface area contributed by atoms with Crippen molar-refractivity contribution >= 4 is 23.2 Å². The molecule has 0 aromatic heterocycles. The zero-order chi connectivity index (χ0) is 14.8. The number of carbonyl (C=O) groups is 1. The Labute approximate surface area is 114 Å². The van der Waals surface area contributed by atoms with Gasteiger partial charge >= 0.3 is 6.18 Å². The quantitative estimate of drug-likeness (QED) is 0.869. The van der Waals surface area contributed by atoms with E-state index in [9.17, 15) is 18.0 Å². The lowest BCUT2D eigenvalue weighted by atomic mass is 10.1. The Balaban J connectivity index is 3.06. The SMILES string of the molecule is CC(C)N(CC(F)(F)F)C(=O)c1cc(N)cc(Cl)c1. The zero-order valence-corrected chi connectivity index (χ0v) is 11.2. The monoisotopic (exact) mass is 294 g/mol. The summed E-state index contributed by atoms with van der Waals surface area (Å²) in [6.45, 7) is 1.71. The number of amides is 1. The summed E-state index contributed by atoms with van der Waals surface area (Å²) in [6, 6.07) is 3.43. The van der Waals surface area contributed by atoms with E-state index in [0.29, 0.717) is 0 Å². The van der Waals surface area contributed by atoms with Crippen LogP contribution in [0.5, 0.6) is 0 Å². The lowest BCUT2D eigenvalue weighted by molar-refractivity contribution is -0.143. The minimum absolute atomic E-state index is 0.0444. The molecule has 0 spiro atoms. The molecule has 106 valence electrons. The molecule has 0 bridgehead atoms. The molecule has 0 atom stereocenters. The summed E-state index contributed by atoms with van der Waals surface area (Å²) in [6.07, 6.45) is -4.45. The van der Waals surface area contributed by atoms with Crippen LogP contribution in [-0.4, -0.2) is 29.6 Å². The van der Waals surface area contributed by atoms with Crippen LogP contribution in [-0.2, 0) is 0 Å². The summed E-state index contributed by atoms with van der Waals surface area (Å²) in [7, 11) is 0. The highest BCUT2D eigenvalue weighted by molar-refractivity contribution is 6.31. The van der Waals surface area contributed by atoms with Gasteiger partial charge < -0.3 is 10.6 Å². The van der Waals surface area contributed by atoms with E-state index >= 15 is 0 Å². The first-order valence-electron chi connectivity index (χ1n) is 5.54. The normalized spacial score (nSPS) is 11.7. The molecule has 0 aliphatic heterocycles. The predicted molar refractivity (Wildman–Crippen MR) is 68.1 cm³/mol. The summed E-state index contributed by atoms with van der Waals surface area (Å²) < 4.78 is 37.4. The van der Waals surface area contributed by atoms with Crippen molar-refractivity contribution in [2.75, 3.05) is 12.3 Å². The average molecular weight is 295 g/mol. The van der Waals surface area contributed by atoms with E-state index in [1.165, 1.54) is 32.0 Å². The first-order chi connectivity index (χ1) is 8.60. The van der Waals surface area contributed by atoms with Gasteiger partial charge in [-0.1, -0.05) is 11.6 Å². The van der Waals surface area contributed by atoms with Crippen LogP contribution in [0, 0.1) is 0 Å². The molecule has 19 heavy (non-hydrogen) atoms. The third-order valence-electron chi connectivity index (χ3n) is 2.40. The fraction of sp³-hybridized carbons (Fsp3) is 0.417. The number of alkyl halides is 3. The number of benzene rings is 1. The van der Waals surface area contributed by atoms with Crippen molar-refractivity contribution in [1.82, 2.24) is 4.90 Å². The van der Waals surface area contributed by atoms with Crippen molar-refractivity contribution in [1.29, 1.82) is 0 Å². The van der Waals surface area contributed by atoms with Gasteiger partial charge in [0.25, 0.3) is 5.91 Å². The smallest absolute Gasteiger partial charge is 0.399 e. The average Bonchev–Trinajstić information content (AvgIpc) is 2.22. The first kappa shape index (κ1) is 15.6. The molecule has 0 aliphatic rings. The van der Waals surface area contributed by atoms with Crippen LogP contribution in [0.3, 0.4) is 0 Å². The van der Waals surface area contributed by atoms with Crippen molar-refractivity contribution in [2.45, 2.75) is 26.1 Å². The number of nitrogens with two attached hydrogens (primary N) is 1. The Morgan fingerprint density at radius 1 is 1.37 bits per heavy atom. The summed E-state index contributed by atoms with van der Waals surface area (Å²) in [5.41, 5.74) is 5.80. The van der Waals surface area contributed by atoms with E-state index in [0.717, 1.165) is 4.90 Å². The van der Waals surface area contributed by atoms with Gasteiger partial charge in [-0.3, -0.25) is 4.79 Å². The van der Waals surface area contributed by atoms with Crippen molar-refractivity contribution in [3.8, 4) is 0 Å². The van der Waals surface area contributed by atoms with Crippen LogP contribution >= 0.6 is 11.6 Å². The Morgan fingerprint density at radius 2 is 1.95 bits per heavy atom.